The first-order chi connectivity index (χ1) is 9.20. The quantitative estimate of drug-likeness (QED) is 0.889. The molecular weight excluding hydrogens is 322 g/mol. The summed E-state index contributed by atoms with van der Waals surface area (Å²) in [5.41, 5.74) is 7.88. The zero-order chi connectivity index (χ0) is 13.3. The molecule has 1 aromatic rings. The second-order valence-corrected chi connectivity index (χ2v) is 7.59. The van der Waals surface area contributed by atoms with Crippen molar-refractivity contribution in [3.05, 3.63) is 34.3 Å². The van der Waals surface area contributed by atoms with E-state index in [0.29, 0.717) is 5.92 Å². The molecule has 2 heterocycles. The molecule has 2 aliphatic heterocycles. The van der Waals surface area contributed by atoms with Crippen LogP contribution >= 0.6 is 27.7 Å². The van der Waals surface area contributed by atoms with Crippen molar-refractivity contribution in [3.8, 4) is 0 Å². The van der Waals surface area contributed by atoms with Gasteiger partial charge in [0.1, 0.15) is 0 Å². The first kappa shape index (κ1) is 13.9. The van der Waals surface area contributed by atoms with Crippen LogP contribution in [0.5, 0.6) is 0 Å². The average Bonchev–Trinajstić information content (AvgIpc) is 2.86. The van der Waals surface area contributed by atoms with Crippen molar-refractivity contribution in [1.29, 1.82) is 0 Å². The van der Waals surface area contributed by atoms with Gasteiger partial charge in [-0.25, -0.2) is 0 Å². The largest absolute Gasteiger partial charge is 0.374 e. The minimum Gasteiger partial charge on any atom is -0.374 e. The van der Waals surface area contributed by atoms with Gasteiger partial charge in [-0.1, -0.05) is 34.1 Å². The molecule has 0 amide bonds. The van der Waals surface area contributed by atoms with Crippen molar-refractivity contribution in [2.75, 3.05) is 18.1 Å². The number of benzene rings is 1. The van der Waals surface area contributed by atoms with E-state index >= 15 is 0 Å². The molecule has 3 unspecified atom stereocenters. The van der Waals surface area contributed by atoms with Gasteiger partial charge in [-0.05, 0) is 42.6 Å². The maximum absolute atomic E-state index is 6.53. The molecule has 0 saturated carbocycles. The minimum atomic E-state index is 0.113. The van der Waals surface area contributed by atoms with Gasteiger partial charge in [0, 0.05) is 22.9 Å². The second kappa shape index (κ2) is 5.76. The smallest absolute Gasteiger partial charge is 0.0783 e. The third-order valence-electron chi connectivity index (χ3n) is 4.37. The predicted molar refractivity (Wildman–Crippen MR) is 84.4 cm³/mol. The standard InChI is InChI=1S/C15H20BrNOS/c16-13-4-2-1-3-12(13)14(17)11-5-7-18-15(9-11)6-8-19-10-15/h1-4,11,14H,5-10,17H2. The highest BCUT2D eigenvalue weighted by Crippen LogP contribution is 2.44. The molecule has 104 valence electrons. The zero-order valence-corrected chi connectivity index (χ0v) is 13.4. The van der Waals surface area contributed by atoms with Crippen molar-refractivity contribution in [3.63, 3.8) is 0 Å². The molecule has 2 N–H and O–H groups in total. The summed E-state index contributed by atoms with van der Waals surface area (Å²) in [6.07, 6.45) is 3.38. The maximum Gasteiger partial charge on any atom is 0.0783 e. The van der Waals surface area contributed by atoms with Crippen LogP contribution in [0.1, 0.15) is 30.9 Å². The van der Waals surface area contributed by atoms with Gasteiger partial charge in [0.15, 0.2) is 0 Å². The van der Waals surface area contributed by atoms with Gasteiger partial charge in [-0.2, -0.15) is 11.8 Å². The van der Waals surface area contributed by atoms with Gasteiger partial charge >= 0.3 is 0 Å². The van der Waals surface area contributed by atoms with Crippen LogP contribution in [0, 0.1) is 5.92 Å². The van der Waals surface area contributed by atoms with E-state index in [2.05, 4.69) is 34.1 Å². The molecule has 3 atom stereocenters. The summed E-state index contributed by atoms with van der Waals surface area (Å²) < 4.78 is 7.21. The van der Waals surface area contributed by atoms with Crippen LogP contribution in [0.25, 0.3) is 0 Å². The lowest BCUT2D eigenvalue weighted by Gasteiger charge is -2.40. The fraction of sp³-hybridized carbons (Fsp3) is 0.600. The summed E-state index contributed by atoms with van der Waals surface area (Å²) in [7, 11) is 0. The summed E-state index contributed by atoms with van der Waals surface area (Å²) in [6, 6.07) is 8.44. The van der Waals surface area contributed by atoms with Crippen molar-refractivity contribution in [2.45, 2.75) is 30.9 Å². The van der Waals surface area contributed by atoms with Gasteiger partial charge in [-0.15, -0.1) is 0 Å². The average molecular weight is 342 g/mol. The van der Waals surface area contributed by atoms with Crippen LogP contribution in [-0.2, 0) is 4.74 Å². The Morgan fingerprint density at radius 3 is 3.00 bits per heavy atom. The van der Waals surface area contributed by atoms with Crippen molar-refractivity contribution in [1.82, 2.24) is 0 Å². The fourth-order valence-electron chi connectivity index (χ4n) is 3.23. The highest BCUT2D eigenvalue weighted by molar-refractivity contribution is 9.10. The molecule has 1 aromatic carbocycles. The molecule has 3 rings (SSSR count). The fourth-order valence-corrected chi connectivity index (χ4v) is 5.16. The van der Waals surface area contributed by atoms with Gasteiger partial charge in [-0.3, -0.25) is 0 Å². The molecule has 2 aliphatic rings. The molecule has 19 heavy (non-hydrogen) atoms. The predicted octanol–water partition coefficient (Wildman–Crippen LogP) is 3.75. The molecule has 0 bridgehead atoms. The van der Waals surface area contributed by atoms with E-state index in [9.17, 15) is 0 Å². The molecular formula is C15H20BrNOS. The maximum atomic E-state index is 6.53. The number of nitrogens with two attached hydrogens (primary N) is 1. The van der Waals surface area contributed by atoms with Crippen molar-refractivity contribution < 1.29 is 4.74 Å². The van der Waals surface area contributed by atoms with Crippen molar-refractivity contribution >= 4 is 27.7 Å². The second-order valence-electron chi connectivity index (χ2n) is 5.63. The Balaban J connectivity index is 1.76. The normalized spacial score (nSPS) is 32.6. The Bertz CT molecular complexity index is 448. The van der Waals surface area contributed by atoms with E-state index in [0.717, 1.165) is 29.7 Å². The third-order valence-corrected chi connectivity index (χ3v) is 6.32. The molecule has 4 heteroatoms. The van der Waals surface area contributed by atoms with Crippen LogP contribution in [0.4, 0.5) is 0 Å². The monoisotopic (exact) mass is 341 g/mol. The van der Waals surface area contributed by atoms with Gasteiger partial charge < -0.3 is 10.5 Å². The van der Waals surface area contributed by atoms with Gasteiger partial charge in [0.05, 0.1) is 5.60 Å². The summed E-state index contributed by atoms with van der Waals surface area (Å²) >= 11 is 5.64. The number of ether oxygens (including phenoxy) is 1. The molecule has 2 fully saturated rings. The lowest BCUT2D eigenvalue weighted by Crippen LogP contribution is -2.42. The number of halogens is 1. The van der Waals surface area contributed by atoms with E-state index in [1.165, 1.54) is 17.7 Å². The summed E-state index contributed by atoms with van der Waals surface area (Å²) in [6.45, 7) is 0.864. The van der Waals surface area contributed by atoms with Crippen LogP contribution in [0.3, 0.4) is 0 Å². The Kier molecular flexibility index (Phi) is 4.22. The van der Waals surface area contributed by atoms with Crippen LogP contribution < -0.4 is 5.73 Å². The molecule has 0 aromatic heterocycles. The van der Waals surface area contributed by atoms with Crippen molar-refractivity contribution in [2.24, 2.45) is 11.7 Å². The van der Waals surface area contributed by atoms with Gasteiger partial charge in [0.2, 0.25) is 0 Å². The van der Waals surface area contributed by atoms with Crippen LogP contribution in [0.2, 0.25) is 0 Å². The van der Waals surface area contributed by atoms with E-state index in [-0.39, 0.29) is 11.6 Å². The molecule has 0 radical (unpaired) electrons. The molecule has 0 aliphatic carbocycles. The molecule has 1 spiro atoms. The number of hydrogen-bond donors (Lipinski definition) is 1. The Morgan fingerprint density at radius 1 is 1.42 bits per heavy atom. The SMILES string of the molecule is NC(c1ccccc1Br)C1CCOC2(CCSC2)C1. The molecule has 2 nitrogen and oxygen atoms in total. The lowest BCUT2D eigenvalue weighted by molar-refractivity contribution is -0.0834. The van der Waals surface area contributed by atoms with E-state index in [1.54, 1.807) is 0 Å². The highest BCUT2D eigenvalue weighted by atomic mass is 79.9. The molecule has 2 saturated heterocycles. The van der Waals surface area contributed by atoms with Crippen LogP contribution in [0.15, 0.2) is 28.7 Å². The van der Waals surface area contributed by atoms with E-state index < -0.39 is 0 Å². The first-order valence-electron chi connectivity index (χ1n) is 6.92. The van der Waals surface area contributed by atoms with E-state index in [1.807, 2.05) is 17.8 Å². The number of thioether (sulfide) groups is 1. The van der Waals surface area contributed by atoms with Crippen LogP contribution in [-0.4, -0.2) is 23.7 Å². The Morgan fingerprint density at radius 2 is 2.26 bits per heavy atom. The van der Waals surface area contributed by atoms with E-state index in [4.69, 9.17) is 10.5 Å². The summed E-state index contributed by atoms with van der Waals surface area (Å²) in [5.74, 6) is 2.91. The van der Waals surface area contributed by atoms with Gasteiger partial charge in [0.25, 0.3) is 0 Å². The Hall–Kier alpha value is -0.0300. The number of rotatable bonds is 2. The lowest BCUT2D eigenvalue weighted by atomic mass is 9.79. The topological polar surface area (TPSA) is 35.2 Å². The zero-order valence-electron chi connectivity index (χ0n) is 11.0. The minimum absolute atomic E-state index is 0.113. The Labute approximate surface area is 127 Å². The highest BCUT2D eigenvalue weighted by Gasteiger charge is 2.42. The third kappa shape index (κ3) is 2.87. The summed E-state index contributed by atoms with van der Waals surface area (Å²) in [4.78, 5) is 0. The number of hydrogen-bond acceptors (Lipinski definition) is 3. The first-order valence-corrected chi connectivity index (χ1v) is 8.87. The summed E-state index contributed by atoms with van der Waals surface area (Å²) in [5, 5.41) is 0.